The zero-order chi connectivity index (χ0) is 20.7. The normalized spacial score (nSPS) is 18.2. The van der Waals surface area contributed by atoms with E-state index in [1.165, 1.54) is 0 Å². The number of carbonyl (C=O) groups excluding carboxylic acids is 1. The number of nitrogens with one attached hydrogen (secondary N) is 1. The standard InChI is InChI=1S/C23H22ClN3O3/c1-29-16-2-3-18-17(4-5-26-20(18)13-16)19-12-15(24)10-14-11-21(30-22(14)19)23(28)27-8-6-25-7-9-27/h2-5,10,12-13,21,25H,6-9,11H2,1H3/t21-/m0/s1. The summed E-state index contributed by atoms with van der Waals surface area (Å²) in [5.74, 6) is 1.52. The molecule has 1 aromatic heterocycles. The van der Waals surface area contributed by atoms with Crippen molar-refractivity contribution in [1.82, 2.24) is 15.2 Å². The highest BCUT2D eigenvalue weighted by Crippen LogP contribution is 2.43. The van der Waals surface area contributed by atoms with Gasteiger partial charge in [-0.2, -0.15) is 0 Å². The highest BCUT2D eigenvalue weighted by Gasteiger charge is 2.35. The van der Waals surface area contributed by atoms with Gasteiger partial charge < -0.3 is 19.7 Å². The van der Waals surface area contributed by atoms with Crippen LogP contribution in [0.5, 0.6) is 11.5 Å². The second-order valence-corrected chi connectivity index (χ2v) is 8.01. The average Bonchev–Trinajstić information content (AvgIpc) is 3.21. The van der Waals surface area contributed by atoms with Gasteiger partial charge in [0, 0.05) is 66.4 Å². The number of halogens is 1. The van der Waals surface area contributed by atoms with Crippen molar-refractivity contribution >= 4 is 28.4 Å². The zero-order valence-corrected chi connectivity index (χ0v) is 17.4. The van der Waals surface area contributed by atoms with Crippen LogP contribution in [0.15, 0.2) is 42.6 Å². The molecule has 6 nitrogen and oxygen atoms in total. The Morgan fingerprint density at radius 3 is 2.83 bits per heavy atom. The van der Waals surface area contributed by atoms with Crippen molar-refractivity contribution in [3.63, 3.8) is 0 Å². The molecule has 1 amide bonds. The number of hydrogen-bond acceptors (Lipinski definition) is 5. The van der Waals surface area contributed by atoms with Crippen molar-refractivity contribution in [2.75, 3.05) is 33.3 Å². The van der Waals surface area contributed by atoms with Gasteiger partial charge in [-0.25, -0.2) is 0 Å². The molecule has 2 aromatic carbocycles. The van der Waals surface area contributed by atoms with E-state index in [-0.39, 0.29) is 5.91 Å². The molecule has 3 heterocycles. The molecule has 0 aliphatic carbocycles. The number of carbonyl (C=O) groups is 1. The molecule has 1 atom stereocenters. The zero-order valence-electron chi connectivity index (χ0n) is 16.7. The molecule has 0 radical (unpaired) electrons. The Morgan fingerprint density at radius 1 is 1.20 bits per heavy atom. The number of piperazine rings is 1. The number of methoxy groups -OCH3 is 1. The Kier molecular flexibility index (Phi) is 4.97. The second-order valence-electron chi connectivity index (χ2n) is 7.57. The molecule has 5 rings (SSSR count). The van der Waals surface area contributed by atoms with E-state index in [9.17, 15) is 4.79 Å². The van der Waals surface area contributed by atoms with Gasteiger partial charge in [0.15, 0.2) is 6.10 Å². The number of ether oxygens (including phenoxy) is 2. The topological polar surface area (TPSA) is 63.7 Å². The first-order chi connectivity index (χ1) is 14.6. The predicted molar refractivity (Wildman–Crippen MR) is 116 cm³/mol. The van der Waals surface area contributed by atoms with Gasteiger partial charge in [0.25, 0.3) is 5.91 Å². The Balaban J connectivity index is 1.54. The summed E-state index contributed by atoms with van der Waals surface area (Å²) in [5, 5.41) is 4.87. The lowest BCUT2D eigenvalue weighted by Gasteiger charge is -2.29. The molecule has 3 aromatic rings. The van der Waals surface area contributed by atoms with Crippen molar-refractivity contribution in [3.8, 4) is 22.6 Å². The number of benzene rings is 2. The van der Waals surface area contributed by atoms with Crippen LogP contribution in [0.2, 0.25) is 5.02 Å². The van der Waals surface area contributed by atoms with Gasteiger partial charge in [0.1, 0.15) is 11.5 Å². The molecule has 0 saturated carbocycles. The van der Waals surface area contributed by atoms with Crippen LogP contribution in [0.3, 0.4) is 0 Å². The summed E-state index contributed by atoms with van der Waals surface area (Å²) in [6.45, 7) is 3.04. The van der Waals surface area contributed by atoms with Crippen molar-refractivity contribution in [2.24, 2.45) is 0 Å². The van der Waals surface area contributed by atoms with Crippen LogP contribution >= 0.6 is 11.6 Å². The lowest BCUT2D eigenvalue weighted by atomic mass is 9.97. The molecule has 0 spiro atoms. The third-order valence-corrected chi connectivity index (χ3v) is 5.96. The fraction of sp³-hybridized carbons (Fsp3) is 0.304. The van der Waals surface area contributed by atoms with Gasteiger partial charge in [-0.3, -0.25) is 9.78 Å². The molecular formula is C23H22ClN3O3. The van der Waals surface area contributed by atoms with Crippen LogP contribution in [0.25, 0.3) is 22.0 Å². The van der Waals surface area contributed by atoms with E-state index in [0.717, 1.165) is 52.2 Å². The number of nitrogens with zero attached hydrogens (tertiary/aromatic N) is 2. The first-order valence-electron chi connectivity index (χ1n) is 10.1. The maximum Gasteiger partial charge on any atom is 0.264 e. The number of hydrogen-bond donors (Lipinski definition) is 1. The monoisotopic (exact) mass is 423 g/mol. The second kappa shape index (κ2) is 7.78. The molecular weight excluding hydrogens is 402 g/mol. The lowest BCUT2D eigenvalue weighted by Crippen LogP contribution is -2.50. The highest BCUT2D eigenvalue weighted by atomic mass is 35.5. The Bertz CT molecular complexity index is 1130. The number of aromatic nitrogens is 1. The molecule has 7 heteroatoms. The van der Waals surface area contributed by atoms with Gasteiger partial charge in [0.05, 0.1) is 12.6 Å². The van der Waals surface area contributed by atoms with E-state index in [1.807, 2.05) is 41.3 Å². The highest BCUT2D eigenvalue weighted by molar-refractivity contribution is 6.31. The van der Waals surface area contributed by atoms with E-state index in [0.29, 0.717) is 24.5 Å². The summed E-state index contributed by atoms with van der Waals surface area (Å²) >= 11 is 6.46. The van der Waals surface area contributed by atoms with Crippen molar-refractivity contribution in [1.29, 1.82) is 0 Å². The van der Waals surface area contributed by atoms with Crippen molar-refractivity contribution in [2.45, 2.75) is 12.5 Å². The molecule has 0 bridgehead atoms. The van der Waals surface area contributed by atoms with Crippen LogP contribution in [0.1, 0.15) is 5.56 Å². The largest absolute Gasteiger partial charge is 0.497 e. The number of amides is 1. The van der Waals surface area contributed by atoms with Gasteiger partial charge in [-0.05, 0) is 35.9 Å². The lowest BCUT2D eigenvalue weighted by molar-refractivity contribution is -0.138. The molecule has 1 saturated heterocycles. The smallest absolute Gasteiger partial charge is 0.264 e. The van der Waals surface area contributed by atoms with Crippen LogP contribution in [-0.4, -0.2) is 55.2 Å². The summed E-state index contributed by atoms with van der Waals surface area (Å²) in [6.07, 6.45) is 1.79. The Labute approximate surface area is 179 Å². The maximum absolute atomic E-state index is 13.0. The van der Waals surface area contributed by atoms with Crippen LogP contribution in [-0.2, 0) is 11.2 Å². The third kappa shape index (κ3) is 3.36. The third-order valence-electron chi connectivity index (χ3n) is 5.74. The molecule has 1 N–H and O–H groups in total. The van der Waals surface area contributed by atoms with E-state index >= 15 is 0 Å². The van der Waals surface area contributed by atoms with Gasteiger partial charge in [-0.1, -0.05) is 11.6 Å². The first kappa shape index (κ1) is 19.2. The quantitative estimate of drug-likeness (QED) is 0.700. The molecule has 2 aliphatic heterocycles. The molecule has 0 unspecified atom stereocenters. The van der Waals surface area contributed by atoms with E-state index in [4.69, 9.17) is 21.1 Å². The van der Waals surface area contributed by atoms with E-state index in [2.05, 4.69) is 10.3 Å². The number of rotatable bonds is 3. The van der Waals surface area contributed by atoms with Crippen LogP contribution < -0.4 is 14.8 Å². The Morgan fingerprint density at radius 2 is 2.03 bits per heavy atom. The molecule has 30 heavy (non-hydrogen) atoms. The van der Waals surface area contributed by atoms with Gasteiger partial charge in [0.2, 0.25) is 0 Å². The van der Waals surface area contributed by atoms with E-state index in [1.54, 1.807) is 13.3 Å². The van der Waals surface area contributed by atoms with E-state index < -0.39 is 6.10 Å². The average molecular weight is 424 g/mol. The predicted octanol–water partition coefficient (Wildman–Crippen LogP) is 3.30. The fourth-order valence-corrected chi connectivity index (χ4v) is 4.48. The van der Waals surface area contributed by atoms with Gasteiger partial charge >= 0.3 is 0 Å². The summed E-state index contributed by atoms with van der Waals surface area (Å²) in [4.78, 5) is 19.4. The SMILES string of the molecule is COc1ccc2c(-c3cc(Cl)cc4c3O[C@H](C(=O)N3CCNCC3)C4)ccnc2c1. The summed E-state index contributed by atoms with van der Waals surface area (Å²) in [5.41, 5.74) is 3.64. The summed E-state index contributed by atoms with van der Waals surface area (Å²) in [7, 11) is 1.64. The van der Waals surface area contributed by atoms with Gasteiger partial charge in [-0.15, -0.1) is 0 Å². The molecule has 1 fully saturated rings. The van der Waals surface area contributed by atoms with Crippen LogP contribution in [0.4, 0.5) is 0 Å². The minimum Gasteiger partial charge on any atom is -0.497 e. The summed E-state index contributed by atoms with van der Waals surface area (Å²) in [6, 6.07) is 11.6. The van der Waals surface area contributed by atoms with Crippen molar-refractivity contribution in [3.05, 3.63) is 53.2 Å². The number of pyridine rings is 1. The number of fused-ring (bicyclic) bond motifs is 2. The first-order valence-corrected chi connectivity index (χ1v) is 10.4. The minimum absolute atomic E-state index is 0.0408. The fourth-order valence-electron chi connectivity index (χ4n) is 4.24. The molecule has 2 aliphatic rings. The molecule has 154 valence electrons. The van der Waals surface area contributed by atoms with Crippen LogP contribution in [0, 0.1) is 0 Å². The van der Waals surface area contributed by atoms with Crippen molar-refractivity contribution < 1.29 is 14.3 Å². The summed E-state index contributed by atoms with van der Waals surface area (Å²) < 4.78 is 11.6. The maximum atomic E-state index is 13.0. The minimum atomic E-state index is -0.511. The Hall–Kier alpha value is -2.83.